The second-order valence-electron chi connectivity index (χ2n) is 4.26. The summed E-state index contributed by atoms with van der Waals surface area (Å²) >= 11 is 1.70. The molecule has 0 spiro atoms. The summed E-state index contributed by atoms with van der Waals surface area (Å²) in [5.74, 6) is 0. The molecule has 1 rings (SSSR count). The van der Waals surface area contributed by atoms with Crippen molar-refractivity contribution in [3.63, 3.8) is 0 Å². The van der Waals surface area contributed by atoms with Gasteiger partial charge in [0.2, 0.25) is 0 Å². The van der Waals surface area contributed by atoms with Gasteiger partial charge in [0.1, 0.15) is 5.60 Å². The molecule has 0 radical (unpaired) electrons. The van der Waals surface area contributed by atoms with E-state index in [2.05, 4.69) is 11.4 Å². The highest BCUT2D eigenvalue weighted by molar-refractivity contribution is 7.09. The largest absolute Gasteiger partial charge is 0.444 e. The molecule has 1 N–H and O–H groups in total. The zero-order chi connectivity index (χ0) is 11.3. The minimum absolute atomic E-state index is 0.348. The maximum Gasteiger partial charge on any atom is 0.407 e. The molecule has 0 atom stereocenters. The normalized spacial score (nSPS) is 11.1. The smallest absolute Gasteiger partial charge is 0.407 e. The number of alkyl carbamates (subject to hydrolysis) is 1. The van der Waals surface area contributed by atoms with Crippen LogP contribution in [0.4, 0.5) is 4.79 Å². The van der Waals surface area contributed by atoms with Crippen molar-refractivity contribution >= 4 is 17.4 Å². The number of carbonyl (C=O) groups excluding carboxylic acids is 1. The molecule has 15 heavy (non-hydrogen) atoms. The van der Waals surface area contributed by atoms with E-state index in [4.69, 9.17) is 4.74 Å². The predicted octanol–water partition coefficient (Wildman–Crippen LogP) is 2.82. The Morgan fingerprint density at radius 2 is 2.27 bits per heavy atom. The van der Waals surface area contributed by atoms with E-state index in [-0.39, 0.29) is 6.09 Å². The van der Waals surface area contributed by atoms with E-state index >= 15 is 0 Å². The molecular formula is C11H17NO2S. The molecule has 4 heteroatoms. The molecule has 0 saturated heterocycles. The van der Waals surface area contributed by atoms with Gasteiger partial charge in [0.15, 0.2) is 0 Å². The number of thiophene rings is 1. The molecule has 0 aliphatic heterocycles. The maximum atomic E-state index is 11.3. The molecule has 0 saturated carbocycles. The van der Waals surface area contributed by atoms with Crippen LogP contribution >= 0.6 is 11.3 Å². The van der Waals surface area contributed by atoms with E-state index in [0.717, 1.165) is 6.42 Å². The Balaban J connectivity index is 2.18. The number of carbonyl (C=O) groups is 1. The summed E-state index contributed by atoms with van der Waals surface area (Å²) in [6.45, 7) is 6.18. The Kier molecular flexibility index (Phi) is 4.15. The highest BCUT2D eigenvalue weighted by atomic mass is 32.1. The molecule has 0 aliphatic rings. The van der Waals surface area contributed by atoms with E-state index in [1.165, 1.54) is 4.88 Å². The third-order valence-corrected chi connectivity index (χ3v) is 2.56. The van der Waals surface area contributed by atoms with Crippen LogP contribution in [0.1, 0.15) is 25.6 Å². The van der Waals surface area contributed by atoms with Crippen LogP contribution in [-0.4, -0.2) is 18.2 Å². The maximum absolute atomic E-state index is 11.3. The summed E-state index contributed by atoms with van der Waals surface area (Å²) < 4.78 is 5.11. The van der Waals surface area contributed by atoms with Gasteiger partial charge in [-0.15, -0.1) is 11.3 Å². The fourth-order valence-electron chi connectivity index (χ4n) is 1.06. The lowest BCUT2D eigenvalue weighted by Gasteiger charge is -2.19. The fourth-order valence-corrected chi connectivity index (χ4v) is 1.77. The highest BCUT2D eigenvalue weighted by Crippen LogP contribution is 2.09. The summed E-state index contributed by atoms with van der Waals surface area (Å²) in [7, 11) is 0. The first kappa shape index (κ1) is 12.0. The molecule has 1 aromatic rings. The molecule has 0 aromatic carbocycles. The standard InChI is InChI=1S/C11H17NO2S/c1-11(2,3)14-10(13)12-7-6-9-5-4-8-15-9/h4-5,8H,6-7H2,1-3H3,(H,12,13). The van der Waals surface area contributed by atoms with E-state index < -0.39 is 5.60 Å². The topological polar surface area (TPSA) is 38.3 Å². The van der Waals surface area contributed by atoms with E-state index in [0.29, 0.717) is 6.54 Å². The summed E-state index contributed by atoms with van der Waals surface area (Å²) in [4.78, 5) is 12.5. The van der Waals surface area contributed by atoms with Crippen LogP contribution in [0.3, 0.4) is 0 Å². The Labute approximate surface area is 94.5 Å². The molecule has 0 unspecified atom stereocenters. The van der Waals surface area contributed by atoms with Crippen LogP contribution in [0.15, 0.2) is 17.5 Å². The zero-order valence-electron chi connectivity index (χ0n) is 9.37. The second-order valence-corrected chi connectivity index (χ2v) is 5.29. The summed E-state index contributed by atoms with van der Waals surface area (Å²) in [5.41, 5.74) is -0.424. The zero-order valence-corrected chi connectivity index (χ0v) is 10.2. The molecule has 0 bridgehead atoms. The van der Waals surface area contributed by atoms with Crippen molar-refractivity contribution in [1.29, 1.82) is 0 Å². The lowest BCUT2D eigenvalue weighted by molar-refractivity contribution is 0.0528. The van der Waals surface area contributed by atoms with Gasteiger partial charge >= 0.3 is 6.09 Å². The lowest BCUT2D eigenvalue weighted by Crippen LogP contribution is -2.33. The first-order valence-electron chi connectivity index (χ1n) is 4.96. The van der Waals surface area contributed by atoms with Gasteiger partial charge < -0.3 is 10.1 Å². The van der Waals surface area contributed by atoms with E-state index in [1.807, 2.05) is 32.2 Å². The number of rotatable bonds is 3. The van der Waals surface area contributed by atoms with Gasteiger partial charge in [0.25, 0.3) is 0 Å². The van der Waals surface area contributed by atoms with Crippen LogP contribution in [0, 0.1) is 0 Å². The summed E-state index contributed by atoms with van der Waals surface area (Å²) in [6.07, 6.45) is 0.510. The highest BCUT2D eigenvalue weighted by Gasteiger charge is 2.15. The average Bonchev–Trinajstić information content (AvgIpc) is 2.53. The fraction of sp³-hybridized carbons (Fsp3) is 0.545. The SMILES string of the molecule is CC(C)(C)OC(=O)NCCc1cccs1. The van der Waals surface area contributed by atoms with E-state index in [1.54, 1.807) is 11.3 Å². The molecular weight excluding hydrogens is 210 g/mol. The van der Waals surface area contributed by atoms with Crippen LogP contribution < -0.4 is 5.32 Å². The Morgan fingerprint density at radius 1 is 1.53 bits per heavy atom. The number of hydrogen-bond donors (Lipinski definition) is 1. The van der Waals surface area contributed by atoms with Crippen LogP contribution in [0.5, 0.6) is 0 Å². The second kappa shape index (κ2) is 5.16. The third kappa shape index (κ3) is 5.42. The van der Waals surface area contributed by atoms with Crippen molar-refractivity contribution in [2.75, 3.05) is 6.54 Å². The van der Waals surface area contributed by atoms with E-state index in [9.17, 15) is 4.79 Å². The predicted molar refractivity (Wildman–Crippen MR) is 62.3 cm³/mol. The van der Waals surface area contributed by atoms with Crippen LogP contribution in [0.25, 0.3) is 0 Å². The first-order valence-corrected chi connectivity index (χ1v) is 5.84. The number of hydrogen-bond acceptors (Lipinski definition) is 3. The molecule has 0 aliphatic carbocycles. The van der Waals surface area contributed by atoms with Crippen molar-refractivity contribution < 1.29 is 9.53 Å². The van der Waals surface area contributed by atoms with Gasteiger partial charge in [-0.2, -0.15) is 0 Å². The number of ether oxygens (including phenoxy) is 1. The van der Waals surface area contributed by atoms with Crippen LogP contribution in [-0.2, 0) is 11.2 Å². The van der Waals surface area contributed by atoms with Crippen molar-refractivity contribution in [2.45, 2.75) is 32.8 Å². The number of nitrogens with one attached hydrogen (secondary N) is 1. The molecule has 1 heterocycles. The first-order chi connectivity index (χ1) is 6.97. The molecule has 1 aromatic heterocycles. The average molecular weight is 227 g/mol. The van der Waals surface area contributed by atoms with Crippen molar-refractivity contribution in [1.82, 2.24) is 5.32 Å². The summed E-state index contributed by atoms with van der Waals surface area (Å²) in [6, 6.07) is 4.06. The number of amides is 1. The molecule has 84 valence electrons. The van der Waals surface area contributed by atoms with Gasteiger partial charge in [-0.05, 0) is 38.6 Å². The Morgan fingerprint density at radius 3 is 2.80 bits per heavy atom. The minimum Gasteiger partial charge on any atom is -0.444 e. The summed E-state index contributed by atoms with van der Waals surface area (Å²) in [5, 5.41) is 4.75. The van der Waals surface area contributed by atoms with Crippen molar-refractivity contribution in [3.8, 4) is 0 Å². The lowest BCUT2D eigenvalue weighted by atomic mass is 10.2. The van der Waals surface area contributed by atoms with Gasteiger partial charge in [-0.25, -0.2) is 4.79 Å². The monoisotopic (exact) mass is 227 g/mol. The molecule has 0 fully saturated rings. The third-order valence-electron chi connectivity index (χ3n) is 1.62. The van der Waals surface area contributed by atoms with Gasteiger partial charge in [0.05, 0.1) is 0 Å². The molecule has 1 amide bonds. The van der Waals surface area contributed by atoms with Crippen LogP contribution in [0.2, 0.25) is 0 Å². The Bertz CT molecular complexity index is 301. The van der Waals surface area contributed by atoms with Gasteiger partial charge in [-0.1, -0.05) is 6.07 Å². The quantitative estimate of drug-likeness (QED) is 0.862. The van der Waals surface area contributed by atoms with Crippen molar-refractivity contribution in [2.24, 2.45) is 0 Å². The van der Waals surface area contributed by atoms with Gasteiger partial charge in [0, 0.05) is 11.4 Å². The van der Waals surface area contributed by atoms with Crippen molar-refractivity contribution in [3.05, 3.63) is 22.4 Å². The Hall–Kier alpha value is -1.03. The van der Waals surface area contributed by atoms with Gasteiger partial charge in [-0.3, -0.25) is 0 Å². The minimum atomic E-state index is -0.424. The molecule has 3 nitrogen and oxygen atoms in total.